The van der Waals surface area contributed by atoms with Crippen molar-refractivity contribution in [1.82, 2.24) is 24.8 Å². The molecule has 53 heavy (non-hydrogen) atoms. The molecule has 4 aromatic rings. The van der Waals surface area contributed by atoms with Gasteiger partial charge in [-0.3, -0.25) is 14.7 Å². The Bertz CT molecular complexity index is 2050. The molecule has 0 bridgehead atoms. The third-order valence-electron chi connectivity index (χ3n) is 10.7. The van der Waals surface area contributed by atoms with Crippen LogP contribution < -0.4 is 14.4 Å². The number of nitrogens with zero attached hydrogens (tertiary/aromatic N) is 6. The number of hydrogen-bond donors (Lipinski definition) is 0. The summed E-state index contributed by atoms with van der Waals surface area (Å²) in [5, 5.41) is 0. The average molecular weight is 743 g/mol. The number of carbonyl (C=O) groups excluding carboxylic acids is 1. The van der Waals surface area contributed by atoms with Gasteiger partial charge in [0.2, 0.25) is 0 Å². The van der Waals surface area contributed by atoms with Gasteiger partial charge in [0.05, 0.1) is 23.2 Å². The largest absolute Gasteiger partial charge is 0.490 e. The number of benzene rings is 2. The van der Waals surface area contributed by atoms with Gasteiger partial charge in [0.25, 0.3) is 5.91 Å². The summed E-state index contributed by atoms with van der Waals surface area (Å²) in [6.45, 7) is 9.22. The zero-order chi connectivity index (χ0) is 37.3. The molecule has 1 saturated carbocycles. The Hall–Kier alpha value is -4.62. The van der Waals surface area contributed by atoms with Crippen molar-refractivity contribution in [3.63, 3.8) is 0 Å². The van der Waals surface area contributed by atoms with Crippen molar-refractivity contribution in [3.05, 3.63) is 102 Å². The van der Waals surface area contributed by atoms with Crippen molar-refractivity contribution in [2.45, 2.75) is 71.2 Å². The molecule has 3 aliphatic rings. The minimum atomic E-state index is -3.17. The van der Waals surface area contributed by atoms with E-state index in [-0.39, 0.29) is 46.6 Å². The molecule has 2 aromatic heterocycles. The van der Waals surface area contributed by atoms with Crippen LogP contribution in [-0.2, 0) is 22.8 Å². The van der Waals surface area contributed by atoms with Crippen LogP contribution in [0, 0.1) is 11.2 Å². The van der Waals surface area contributed by atoms with Crippen LogP contribution >= 0.6 is 0 Å². The number of fused-ring (bicyclic) bond motifs is 1. The number of halogens is 1. The molecule has 1 saturated heterocycles. The second kappa shape index (κ2) is 15.0. The van der Waals surface area contributed by atoms with Crippen molar-refractivity contribution in [2.24, 2.45) is 5.41 Å². The predicted molar refractivity (Wildman–Crippen MR) is 201 cm³/mol. The van der Waals surface area contributed by atoms with Gasteiger partial charge in [-0.2, -0.15) is 0 Å². The summed E-state index contributed by atoms with van der Waals surface area (Å²) in [6, 6.07) is 16.0. The molecular weight excluding hydrogens is 696 g/mol. The van der Waals surface area contributed by atoms with E-state index in [1.54, 1.807) is 17.3 Å². The smallest absolute Gasteiger partial charge is 0.257 e. The van der Waals surface area contributed by atoms with Crippen LogP contribution in [0.5, 0.6) is 17.2 Å². The van der Waals surface area contributed by atoms with E-state index in [1.807, 2.05) is 45.0 Å². The van der Waals surface area contributed by atoms with E-state index in [0.29, 0.717) is 31.1 Å². The van der Waals surface area contributed by atoms with Crippen LogP contribution in [0.15, 0.2) is 73.3 Å². The molecule has 13 heteroatoms. The number of ether oxygens (including phenoxy) is 2. The van der Waals surface area contributed by atoms with E-state index >= 15 is 0 Å². The van der Waals surface area contributed by atoms with E-state index < -0.39 is 15.7 Å². The molecule has 0 radical (unpaired) electrons. The zero-order valence-electron chi connectivity index (χ0n) is 30.7. The van der Waals surface area contributed by atoms with Crippen molar-refractivity contribution in [1.29, 1.82) is 0 Å². The Labute approximate surface area is 311 Å². The normalized spacial score (nSPS) is 18.3. The molecular formula is C40H47FN6O5S. The molecule has 4 heterocycles. The first kappa shape index (κ1) is 36.7. The number of carbonyl (C=O) groups is 1. The molecule has 1 atom stereocenters. The highest BCUT2D eigenvalue weighted by Crippen LogP contribution is 2.52. The van der Waals surface area contributed by atoms with Crippen molar-refractivity contribution >= 4 is 21.6 Å². The van der Waals surface area contributed by atoms with Crippen LogP contribution in [-0.4, -0.2) is 89.4 Å². The number of aromatic nitrogens is 3. The van der Waals surface area contributed by atoms with Crippen LogP contribution in [0.4, 0.5) is 10.2 Å². The molecule has 1 aliphatic carbocycles. The highest BCUT2D eigenvalue weighted by atomic mass is 32.2. The summed E-state index contributed by atoms with van der Waals surface area (Å²) < 4.78 is 52.0. The second-order valence-electron chi connectivity index (χ2n) is 15.0. The maximum Gasteiger partial charge on any atom is 0.257 e. The Kier molecular flexibility index (Phi) is 10.4. The summed E-state index contributed by atoms with van der Waals surface area (Å²) in [7, 11) is -3.17. The first-order valence-corrected chi connectivity index (χ1v) is 20.4. The molecule has 1 amide bonds. The monoisotopic (exact) mass is 742 g/mol. The first-order valence-electron chi connectivity index (χ1n) is 18.4. The van der Waals surface area contributed by atoms with E-state index in [1.165, 1.54) is 36.3 Å². The van der Waals surface area contributed by atoms with Gasteiger partial charge in [0.1, 0.15) is 39.6 Å². The summed E-state index contributed by atoms with van der Waals surface area (Å²) in [5.74, 6) is 1.31. The molecule has 0 N–H and O–H groups in total. The fourth-order valence-electron chi connectivity index (χ4n) is 8.14. The van der Waals surface area contributed by atoms with Crippen LogP contribution in [0.2, 0.25) is 0 Å². The Morgan fingerprint density at radius 2 is 1.83 bits per heavy atom. The minimum Gasteiger partial charge on any atom is -0.490 e. The Morgan fingerprint density at radius 3 is 2.55 bits per heavy atom. The number of amides is 1. The maximum atomic E-state index is 14.4. The van der Waals surface area contributed by atoms with Crippen LogP contribution in [0.3, 0.4) is 0 Å². The molecule has 2 aromatic carbocycles. The Morgan fingerprint density at radius 1 is 1.06 bits per heavy atom. The van der Waals surface area contributed by atoms with Gasteiger partial charge in [-0.15, -0.1) is 0 Å². The van der Waals surface area contributed by atoms with Crippen molar-refractivity contribution < 1.29 is 27.1 Å². The third-order valence-corrected chi connectivity index (χ3v) is 11.7. The summed E-state index contributed by atoms with van der Waals surface area (Å²) in [6.07, 6.45) is 9.12. The van der Waals surface area contributed by atoms with Crippen LogP contribution in [0.1, 0.15) is 73.3 Å². The van der Waals surface area contributed by atoms with Gasteiger partial charge in [-0.25, -0.2) is 22.8 Å². The van der Waals surface area contributed by atoms with Gasteiger partial charge in [-0.05, 0) is 69.9 Å². The van der Waals surface area contributed by atoms with Crippen LogP contribution in [0.25, 0.3) is 0 Å². The van der Waals surface area contributed by atoms with Gasteiger partial charge in [-0.1, -0.05) is 30.3 Å². The topological polar surface area (TPSA) is 118 Å². The lowest BCUT2D eigenvalue weighted by atomic mass is 9.61. The number of pyridine rings is 1. The van der Waals surface area contributed by atoms with E-state index in [9.17, 15) is 17.6 Å². The molecule has 2 fully saturated rings. The van der Waals surface area contributed by atoms with E-state index in [2.05, 4.69) is 31.9 Å². The predicted octanol–water partition coefficient (Wildman–Crippen LogP) is 6.26. The third kappa shape index (κ3) is 8.01. The fourth-order valence-corrected chi connectivity index (χ4v) is 8.79. The Balaban J connectivity index is 1.03. The number of anilines is 1. The van der Waals surface area contributed by atoms with Crippen molar-refractivity contribution in [3.8, 4) is 17.2 Å². The SMILES string of the molecule is CCN(C(=O)c1cc(F)ccc1Oc1cncnc1N1CC2(CC(Oc3ccnc4c3C(CCS(C)(=O)=O)N(Cc3ccccc3)CC4)C2)C1)C(C)C. The first-order chi connectivity index (χ1) is 25.4. The molecule has 2 aliphatic heterocycles. The lowest BCUT2D eigenvalue weighted by molar-refractivity contribution is -0.0357. The number of sulfone groups is 1. The summed E-state index contributed by atoms with van der Waals surface area (Å²) in [4.78, 5) is 33.0. The molecule has 280 valence electrons. The van der Waals surface area contributed by atoms with Crippen molar-refractivity contribution in [2.75, 3.05) is 43.1 Å². The van der Waals surface area contributed by atoms with Gasteiger partial charge >= 0.3 is 0 Å². The van der Waals surface area contributed by atoms with E-state index in [0.717, 1.165) is 55.9 Å². The lowest BCUT2D eigenvalue weighted by Crippen LogP contribution is -2.65. The standard InChI is InChI=1S/C40H47FN6O5S/c1-5-47(27(2)3)39(48)31-19-29(41)11-12-34(31)52-36-22-42-26-44-38(36)46-24-40(25-46)20-30(21-40)51-35-13-16-43-32-14-17-45(23-28-9-7-6-8-10-28)33(37(32)35)15-18-53(4,49)50/h6-13,16,19,22,26-27,30,33H,5,14-15,17-18,20-21,23-25H2,1-4H3. The van der Waals surface area contributed by atoms with Gasteiger partial charge in [0, 0.05) is 74.7 Å². The highest BCUT2D eigenvalue weighted by Gasteiger charge is 2.54. The second-order valence-corrected chi connectivity index (χ2v) is 17.2. The minimum absolute atomic E-state index is 0.0140. The number of rotatable bonds is 13. The van der Waals surface area contributed by atoms with E-state index in [4.69, 9.17) is 14.5 Å². The quantitative estimate of drug-likeness (QED) is 0.156. The van der Waals surface area contributed by atoms with Gasteiger partial charge < -0.3 is 19.3 Å². The zero-order valence-corrected chi connectivity index (χ0v) is 31.6. The molecule has 1 unspecified atom stereocenters. The molecule has 11 nitrogen and oxygen atoms in total. The molecule has 1 spiro atoms. The number of hydrogen-bond acceptors (Lipinski definition) is 10. The summed E-state index contributed by atoms with van der Waals surface area (Å²) >= 11 is 0. The fraction of sp³-hybridized carbons (Fsp3) is 0.450. The lowest BCUT2D eigenvalue weighted by Gasteiger charge is -2.59. The highest BCUT2D eigenvalue weighted by molar-refractivity contribution is 7.90. The molecule has 7 rings (SSSR count). The summed E-state index contributed by atoms with van der Waals surface area (Å²) in [5.41, 5.74) is 3.37. The van der Waals surface area contributed by atoms with Gasteiger partial charge in [0.15, 0.2) is 11.6 Å². The maximum absolute atomic E-state index is 14.4. The average Bonchev–Trinajstić information content (AvgIpc) is 3.09.